The number of nitrogens with zero attached hydrogens (tertiary/aromatic N) is 2. The molecule has 0 aliphatic carbocycles. The van der Waals surface area contributed by atoms with E-state index < -0.39 is 5.97 Å². The number of carboxylic acid groups (broad SMARTS) is 1. The zero-order valence-corrected chi connectivity index (χ0v) is 8.85. The van der Waals surface area contributed by atoms with Gasteiger partial charge in [0.05, 0.1) is 5.56 Å². The van der Waals surface area contributed by atoms with E-state index in [1.165, 1.54) is 6.07 Å². The van der Waals surface area contributed by atoms with Gasteiger partial charge in [0.25, 0.3) is 0 Å². The fourth-order valence-corrected chi connectivity index (χ4v) is 1.50. The van der Waals surface area contributed by atoms with Crippen LogP contribution in [0.1, 0.15) is 10.4 Å². The summed E-state index contributed by atoms with van der Waals surface area (Å²) in [5, 5.41) is 9.41. The number of carboxylic acids is 1. The minimum absolute atomic E-state index is 0.0960. The number of aromatic nitrogens is 2. The Morgan fingerprint density at radius 1 is 1.25 bits per heavy atom. The maximum atomic E-state index is 11.0. The summed E-state index contributed by atoms with van der Waals surface area (Å²) in [5.41, 5.74) is 0.552. The molecule has 2 aromatic rings. The molecule has 0 aliphatic rings. The maximum Gasteiger partial charge on any atom is 0.336 e. The summed E-state index contributed by atoms with van der Waals surface area (Å²) in [6.07, 6.45) is 3.12. The van der Waals surface area contributed by atoms with Gasteiger partial charge >= 0.3 is 5.97 Å². The second-order valence-corrected chi connectivity index (χ2v) is 3.50. The van der Waals surface area contributed by atoms with Gasteiger partial charge in [-0.2, -0.15) is 0 Å². The van der Waals surface area contributed by atoms with Gasteiger partial charge in [-0.3, -0.25) is 0 Å². The Morgan fingerprint density at radius 3 is 2.56 bits per heavy atom. The molecular weight excluding hydrogens is 228 g/mol. The number of hydrogen-bond acceptors (Lipinski definition) is 3. The molecule has 1 aromatic carbocycles. The monoisotopic (exact) mass is 234 g/mol. The lowest BCUT2D eigenvalue weighted by Crippen LogP contribution is -2.01. The van der Waals surface area contributed by atoms with Crippen LogP contribution in [-0.4, -0.2) is 21.0 Å². The minimum Gasteiger partial charge on any atom is -0.478 e. The molecule has 1 heterocycles. The van der Waals surface area contributed by atoms with Crippen molar-refractivity contribution in [3.8, 4) is 11.4 Å². The van der Waals surface area contributed by atoms with Crippen LogP contribution < -0.4 is 0 Å². The molecule has 5 heteroatoms. The molecule has 0 saturated carbocycles. The largest absolute Gasteiger partial charge is 0.478 e. The topological polar surface area (TPSA) is 63.1 Å². The maximum absolute atomic E-state index is 11.0. The summed E-state index contributed by atoms with van der Waals surface area (Å²) in [7, 11) is 0. The van der Waals surface area contributed by atoms with E-state index in [-0.39, 0.29) is 5.56 Å². The zero-order chi connectivity index (χ0) is 11.5. The minimum atomic E-state index is -1.05. The van der Waals surface area contributed by atoms with E-state index >= 15 is 0 Å². The quantitative estimate of drug-likeness (QED) is 0.867. The second-order valence-electron chi connectivity index (χ2n) is 3.07. The molecular formula is C11H7ClN2O2. The number of aromatic carboxylic acids is 1. The van der Waals surface area contributed by atoms with Crippen LogP contribution in [0.15, 0.2) is 36.7 Å². The Labute approximate surface area is 96.6 Å². The molecule has 0 unspecified atom stereocenters. The molecule has 1 N–H and O–H groups in total. The van der Waals surface area contributed by atoms with Crippen molar-refractivity contribution in [2.24, 2.45) is 0 Å². The number of rotatable bonds is 2. The summed E-state index contributed by atoms with van der Waals surface area (Å²) in [5.74, 6) is -0.679. The Bertz CT molecular complexity index is 529. The lowest BCUT2D eigenvalue weighted by Gasteiger charge is -2.04. The Kier molecular flexibility index (Phi) is 2.83. The van der Waals surface area contributed by atoms with Gasteiger partial charge in [-0.05, 0) is 24.3 Å². The molecule has 4 nitrogen and oxygen atoms in total. The van der Waals surface area contributed by atoms with Crippen LogP contribution in [0.2, 0.25) is 5.02 Å². The van der Waals surface area contributed by atoms with E-state index in [0.717, 1.165) is 0 Å². The number of halogens is 1. The standard InChI is InChI=1S/C11H7ClN2O2/c12-7-2-3-8(9(6-7)11(15)16)10-13-4-1-5-14-10/h1-6H,(H,15,16). The van der Waals surface area contributed by atoms with E-state index in [9.17, 15) is 4.79 Å². The van der Waals surface area contributed by atoms with Crippen molar-refractivity contribution in [1.82, 2.24) is 9.97 Å². The fraction of sp³-hybridized carbons (Fsp3) is 0. The van der Waals surface area contributed by atoms with Crippen molar-refractivity contribution in [2.75, 3.05) is 0 Å². The van der Waals surface area contributed by atoms with Crippen molar-refractivity contribution in [1.29, 1.82) is 0 Å². The second kappa shape index (κ2) is 4.28. The van der Waals surface area contributed by atoms with Crippen molar-refractivity contribution in [3.05, 3.63) is 47.2 Å². The van der Waals surface area contributed by atoms with E-state index in [2.05, 4.69) is 9.97 Å². The third kappa shape index (κ3) is 2.01. The fourth-order valence-electron chi connectivity index (χ4n) is 1.33. The molecule has 0 radical (unpaired) electrons. The SMILES string of the molecule is O=C(O)c1cc(Cl)ccc1-c1ncccn1. The van der Waals surface area contributed by atoms with Crippen LogP contribution in [0.5, 0.6) is 0 Å². The molecule has 0 fully saturated rings. The van der Waals surface area contributed by atoms with Crippen LogP contribution in [0.3, 0.4) is 0 Å². The Morgan fingerprint density at radius 2 is 1.94 bits per heavy atom. The van der Waals surface area contributed by atoms with Crippen molar-refractivity contribution in [3.63, 3.8) is 0 Å². The van der Waals surface area contributed by atoms with Gasteiger partial charge in [-0.1, -0.05) is 11.6 Å². The van der Waals surface area contributed by atoms with Crippen LogP contribution in [-0.2, 0) is 0 Å². The first-order chi connectivity index (χ1) is 7.68. The molecule has 0 amide bonds. The highest BCUT2D eigenvalue weighted by atomic mass is 35.5. The average molecular weight is 235 g/mol. The van der Waals surface area contributed by atoms with Crippen LogP contribution in [0.25, 0.3) is 11.4 Å². The molecule has 1 aromatic heterocycles. The van der Waals surface area contributed by atoms with Gasteiger partial charge in [0.1, 0.15) is 0 Å². The molecule has 0 bridgehead atoms. The third-order valence-electron chi connectivity index (χ3n) is 2.02. The lowest BCUT2D eigenvalue weighted by atomic mass is 10.1. The average Bonchev–Trinajstić information content (AvgIpc) is 2.30. The van der Waals surface area contributed by atoms with Gasteiger partial charge in [-0.25, -0.2) is 14.8 Å². The smallest absolute Gasteiger partial charge is 0.336 e. The summed E-state index contributed by atoms with van der Waals surface area (Å²) in [6, 6.07) is 6.26. The van der Waals surface area contributed by atoms with Crippen LogP contribution in [0, 0.1) is 0 Å². The van der Waals surface area contributed by atoms with Gasteiger partial charge in [0.2, 0.25) is 0 Å². The Balaban J connectivity index is 2.61. The van der Waals surface area contributed by atoms with Gasteiger partial charge in [0, 0.05) is 23.0 Å². The normalized spacial score (nSPS) is 10.1. The first-order valence-electron chi connectivity index (χ1n) is 4.49. The van der Waals surface area contributed by atoms with E-state index in [4.69, 9.17) is 16.7 Å². The van der Waals surface area contributed by atoms with Crippen molar-refractivity contribution < 1.29 is 9.90 Å². The van der Waals surface area contributed by atoms with Gasteiger partial charge in [0.15, 0.2) is 5.82 Å². The predicted octanol–water partition coefficient (Wildman–Crippen LogP) is 2.50. The van der Waals surface area contributed by atoms with E-state index in [1.54, 1.807) is 30.6 Å². The number of hydrogen-bond donors (Lipinski definition) is 1. The first-order valence-corrected chi connectivity index (χ1v) is 4.86. The van der Waals surface area contributed by atoms with Crippen LogP contribution in [0.4, 0.5) is 0 Å². The van der Waals surface area contributed by atoms with E-state index in [1.807, 2.05) is 0 Å². The first kappa shape index (κ1) is 10.6. The van der Waals surface area contributed by atoms with Gasteiger partial charge in [-0.15, -0.1) is 0 Å². The third-order valence-corrected chi connectivity index (χ3v) is 2.25. The van der Waals surface area contributed by atoms with Crippen molar-refractivity contribution in [2.45, 2.75) is 0 Å². The van der Waals surface area contributed by atoms with Crippen LogP contribution >= 0.6 is 11.6 Å². The highest BCUT2D eigenvalue weighted by Gasteiger charge is 2.13. The number of benzene rings is 1. The van der Waals surface area contributed by atoms with E-state index in [0.29, 0.717) is 16.4 Å². The Hall–Kier alpha value is -1.94. The highest BCUT2D eigenvalue weighted by molar-refractivity contribution is 6.31. The highest BCUT2D eigenvalue weighted by Crippen LogP contribution is 2.23. The molecule has 0 atom stereocenters. The molecule has 0 spiro atoms. The predicted molar refractivity (Wildman–Crippen MR) is 59.4 cm³/mol. The molecule has 2 rings (SSSR count). The zero-order valence-electron chi connectivity index (χ0n) is 8.09. The lowest BCUT2D eigenvalue weighted by molar-refractivity contribution is 0.0697. The summed E-state index contributed by atoms with van der Waals surface area (Å²) in [6.45, 7) is 0. The summed E-state index contributed by atoms with van der Waals surface area (Å²) < 4.78 is 0. The molecule has 80 valence electrons. The van der Waals surface area contributed by atoms with Gasteiger partial charge < -0.3 is 5.11 Å². The summed E-state index contributed by atoms with van der Waals surface area (Å²) in [4.78, 5) is 19.0. The number of carbonyl (C=O) groups is 1. The molecule has 0 aliphatic heterocycles. The molecule has 16 heavy (non-hydrogen) atoms. The van der Waals surface area contributed by atoms with Crippen molar-refractivity contribution >= 4 is 17.6 Å². The summed E-state index contributed by atoms with van der Waals surface area (Å²) >= 11 is 5.74. The molecule has 0 saturated heterocycles.